The molecular weight excluding hydrogens is 344 g/mol. The molecule has 1 heterocycles. The predicted molar refractivity (Wildman–Crippen MR) is 107 cm³/mol. The summed E-state index contributed by atoms with van der Waals surface area (Å²) in [5.41, 5.74) is 11.2. The Balaban J connectivity index is 1.75. The molecule has 0 aliphatic heterocycles. The van der Waals surface area contributed by atoms with E-state index in [9.17, 15) is 0 Å². The van der Waals surface area contributed by atoms with Crippen molar-refractivity contribution in [2.24, 2.45) is 0 Å². The summed E-state index contributed by atoms with van der Waals surface area (Å²) in [6.45, 7) is 0. The van der Waals surface area contributed by atoms with E-state index >= 15 is 0 Å². The monoisotopic (exact) mass is 367 g/mol. The third kappa shape index (κ3) is 4.35. The van der Waals surface area contributed by atoms with Crippen LogP contribution >= 0.6 is 11.3 Å². The van der Waals surface area contributed by atoms with Crippen molar-refractivity contribution in [2.45, 2.75) is 25.2 Å². The van der Waals surface area contributed by atoms with Gasteiger partial charge in [0.15, 0.2) is 0 Å². The Kier molecular flexibility index (Phi) is 6.12. The van der Waals surface area contributed by atoms with Gasteiger partial charge in [-0.2, -0.15) is 11.3 Å². The lowest BCUT2D eigenvalue weighted by molar-refractivity contribution is 0.408. The van der Waals surface area contributed by atoms with Crippen LogP contribution in [0.1, 0.15) is 35.6 Å². The first-order valence-corrected chi connectivity index (χ1v) is 9.52. The number of aromatic nitrogens is 1. The van der Waals surface area contributed by atoms with E-state index in [2.05, 4.69) is 23.2 Å². The number of hydrogen-bond donors (Lipinski definition) is 0. The molecular formula is C21H23N2O2S-. The van der Waals surface area contributed by atoms with E-state index in [0.717, 1.165) is 36.5 Å². The molecule has 136 valence electrons. The van der Waals surface area contributed by atoms with Gasteiger partial charge in [0, 0.05) is 5.92 Å². The standard InChI is InChI=1S/C21H23N2O2S/c1-24-17-12-10-15(11-13-17)18(19-14-26-21(22)23-19)8-5-7-16-6-3-4-9-20(16)25-2/h3-4,6,9-14,18H,5,7-8H2,1-2H3,(H-,22,23)/q-1. The third-order valence-electron chi connectivity index (χ3n) is 4.53. The first-order chi connectivity index (χ1) is 12.7. The van der Waals surface area contributed by atoms with Crippen LogP contribution in [0, 0.1) is 0 Å². The molecule has 0 saturated carbocycles. The lowest BCUT2D eigenvalue weighted by atomic mass is 9.90. The van der Waals surface area contributed by atoms with Gasteiger partial charge in [-0.3, -0.25) is 0 Å². The Morgan fingerprint density at radius 3 is 2.46 bits per heavy atom. The second-order valence-electron chi connectivity index (χ2n) is 6.11. The van der Waals surface area contributed by atoms with E-state index in [1.165, 1.54) is 22.5 Å². The van der Waals surface area contributed by atoms with Crippen molar-refractivity contribution in [1.29, 1.82) is 0 Å². The van der Waals surface area contributed by atoms with Crippen molar-refractivity contribution in [1.82, 2.24) is 4.98 Å². The normalized spacial score (nSPS) is 11.9. The van der Waals surface area contributed by atoms with Crippen LogP contribution in [0.2, 0.25) is 0 Å². The summed E-state index contributed by atoms with van der Waals surface area (Å²) in [6, 6.07) is 16.3. The molecule has 3 rings (SSSR count). The Hall–Kier alpha value is -2.53. The fraction of sp³-hybridized carbons (Fsp3) is 0.286. The van der Waals surface area contributed by atoms with Gasteiger partial charge in [0.2, 0.25) is 0 Å². The average Bonchev–Trinajstić information content (AvgIpc) is 3.11. The van der Waals surface area contributed by atoms with Gasteiger partial charge in [-0.15, -0.1) is 0 Å². The van der Waals surface area contributed by atoms with Gasteiger partial charge in [0.1, 0.15) is 11.5 Å². The molecule has 4 nitrogen and oxygen atoms in total. The fourth-order valence-electron chi connectivity index (χ4n) is 3.17. The smallest absolute Gasteiger partial charge is 0.122 e. The quantitative estimate of drug-likeness (QED) is 0.491. The largest absolute Gasteiger partial charge is 0.497 e. The van der Waals surface area contributed by atoms with Gasteiger partial charge >= 0.3 is 0 Å². The van der Waals surface area contributed by atoms with Crippen molar-refractivity contribution in [3.8, 4) is 11.5 Å². The second kappa shape index (κ2) is 8.72. The highest BCUT2D eigenvalue weighted by atomic mass is 32.1. The first kappa shape index (κ1) is 18.3. The molecule has 1 aromatic heterocycles. The van der Waals surface area contributed by atoms with Crippen molar-refractivity contribution >= 4 is 16.5 Å². The summed E-state index contributed by atoms with van der Waals surface area (Å²) in [5.74, 6) is 1.97. The summed E-state index contributed by atoms with van der Waals surface area (Å²) < 4.78 is 10.7. The molecule has 0 amide bonds. The number of methoxy groups -OCH3 is 2. The highest BCUT2D eigenvalue weighted by Crippen LogP contribution is 2.33. The number of thiazole rings is 1. The zero-order valence-corrected chi connectivity index (χ0v) is 15.9. The minimum absolute atomic E-state index is 0.186. The molecule has 0 aliphatic carbocycles. The molecule has 1 atom stereocenters. The number of hydrogen-bond acceptors (Lipinski definition) is 4. The van der Waals surface area contributed by atoms with Gasteiger partial charge in [0.05, 0.1) is 14.2 Å². The predicted octanol–water partition coefficient (Wildman–Crippen LogP) is 6.00. The van der Waals surface area contributed by atoms with Crippen LogP contribution in [-0.4, -0.2) is 19.2 Å². The Morgan fingerprint density at radius 1 is 1.04 bits per heavy atom. The van der Waals surface area contributed by atoms with Gasteiger partial charge in [-0.1, -0.05) is 30.3 Å². The highest BCUT2D eigenvalue weighted by Gasteiger charge is 2.14. The number of ether oxygens (including phenoxy) is 2. The number of nitrogens with one attached hydrogen (secondary N) is 1. The molecule has 5 heteroatoms. The molecule has 26 heavy (non-hydrogen) atoms. The average molecular weight is 367 g/mol. The van der Waals surface area contributed by atoms with Crippen molar-refractivity contribution < 1.29 is 9.47 Å². The topological polar surface area (TPSA) is 55.2 Å². The van der Waals surface area contributed by atoms with Crippen molar-refractivity contribution in [3.63, 3.8) is 0 Å². The van der Waals surface area contributed by atoms with Crippen LogP contribution in [0.4, 0.5) is 5.13 Å². The number of nitrogens with zero attached hydrogens (tertiary/aromatic N) is 1. The molecule has 0 spiro atoms. The highest BCUT2D eigenvalue weighted by molar-refractivity contribution is 7.13. The Morgan fingerprint density at radius 2 is 1.81 bits per heavy atom. The van der Waals surface area contributed by atoms with Crippen LogP contribution in [-0.2, 0) is 6.42 Å². The number of para-hydroxylation sites is 1. The number of benzene rings is 2. The molecule has 0 aliphatic rings. The molecule has 2 aromatic carbocycles. The molecule has 1 unspecified atom stereocenters. The van der Waals surface area contributed by atoms with Crippen molar-refractivity contribution in [3.05, 3.63) is 76.5 Å². The second-order valence-corrected chi connectivity index (χ2v) is 6.97. The minimum atomic E-state index is 0.186. The summed E-state index contributed by atoms with van der Waals surface area (Å²) in [6.07, 6.45) is 2.93. The molecule has 0 bridgehead atoms. The molecule has 1 N–H and O–H groups in total. The van der Waals surface area contributed by atoms with E-state index < -0.39 is 0 Å². The fourth-order valence-corrected chi connectivity index (χ4v) is 3.78. The maximum Gasteiger partial charge on any atom is 0.122 e. The van der Waals surface area contributed by atoms with Gasteiger partial charge in [-0.05, 0) is 64.8 Å². The number of rotatable bonds is 8. The maximum atomic E-state index is 7.77. The molecule has 0 radical (unpaired) electrons. The van der Waals surface area contributed by atoms with Crippen molar-refractivity contribution in [2.75, 3.05) is 14.2 Å². The minimum Gasteiger partial charge on any atom is -0.497 e. The van der Waals surface area contributed by atoms with E-state index in [1.54, 1.807) is 14.2 Å². The zero-order valence-electron chi connectivity index (χ0n) is 15.1. The molecule has 3 aromatic rings. The summed E-state index contributed by atoms with van der Waals surface area (Å²) in [7, 11) is 3.39. The number of aryl methyl sites for hydroxylation is 1. The maximum absolute atomic E-state index is 7.77. The third-order valence-corrected chi connectivity index (χ3v) is 5.20. The van der Waals surface area contributed by atoms with Crippen LogP contribution in [0.15, 0.2) is 53.9 Å². The van der Waals surface area contributed by atoms with Crippen LogP contribution < -0.4 is 9.47 Å². The molecule has 0 saturated heterocycles. The summed E-state index contributed by atoms with van der Waals surface area (Å²) >= 11 is 1.38. The summed E-state index contributed by atoms with van der Waals surface area (Å²) in [5, 5.41) is 2.36. The Bertz CT molecular complexity index is 830. The van der Waals surface area contributed by atoms with Gasteiger partial charge < -0.3 is 20.2 Å². The van der Waals surface area contributed by atoms with Crippen LogP contribution in [0.5, 0.6) is 11.5 Å². The first-order valence-electron chi connectivity index (χ1n) is 8.64. The summed E-state index contributed by atoms with van der Waals surface area (Å²) in [4.78, 5) is 4.42. The lowest BCUT2D eigenvalue weighted by Gasteiger charge is -2.19. The lowest BCUT2D eigenvalue weighted by Crippen LogP contribution is -2.03. The molecule has 0 fully saturated rings. The van der Waals surface area contributed by atoms with E-state index in [1.807, 2.05) is 35.7 Å². The van der Waals surface area contributed by atoms with E-state index in [-0.39, 0.29) is 5.92 Å². The zero-order chi connectivity index (χ0) is 18.4. The van der Waals surface area contributed by atoms with Gasteiger partial charge in [-0.25, -0.2) is 0 Å². The van der Waals surface area contributed by atoms with Crippen LogP contribution in [0.3, 0.4) is 0 Å². The van der Waals surface area contributed by atoms with Crippen LogP contribution in [0.25, 0.3) is 5.73 Å². The Labute approximate surface area is 158 Å². The van der Waals surface area contributed by atoms with Gasteiger partial charge in [0.25, 0.3) is 0 Å². The van der Waals surface area contributed by atoms with E-state index in [0.29, 0.717) is 5.13 Å². The SMILES string of the molecule is COc1ccc(C(CCCc2ccccc2OC)c2csc([NH-])n2)cc1. The van der Waals surface area contributed by atoms with E-state index in [4.69, 9.17) is 15.2 Å².